The maximum atomic E-state index is 12.3. The van der Waals surface area contributed by atoms with Gasteiger partial charge in [-0.05, 0) is 43.9 Å². The fourth-order valence-electron chi connectivity index (χ4n) is 2.16. The molecule has 2 rings (SSSR count). The Morgan fingerprint density at radius 2 is 2.24 bits per heavy atom. The summed E-state index contributed by atoms with van der Waals surface area (Å²) >= 11 is 0.427. The predicted molar refractivity (Wildman–Crippen MR) is 78.7 cm³/mol. The first-order chi connectivity index (χ1) is 9.93. The number of benzene rings is 1. The number of carbonyl (C=O) groups is 1. The average Bonchev–Trinajstić information content (AvgIpc) is 3.22. The standard InChI is InChI=1S/C14H18F2N2O2S/c1-14(8-19,9-5-6-9)18-13(20)17-10-3-2-4-11(7-10)21-12(15)16/h2-4,7,9,12,19H,5-6,8H2,1H3,(H2,17,18,20). The highest BCUT2D eigenvalue weighted by atomic mass is 32.2. The molecule has 0 heterocycles. The lowest BCUT2D eigenvalue weighted by Gasteiger charge is -2.28. The van der Waals surface area contributed by atoms with E-state index < -0.39 is 17.3 Å². The van der Waals surface area contributed by atoms with Crippen LogP contribution in [0.25, 0.3) is 0 Å². The van der Waals surface area contributed by atoms with Gasteiger partial charge in [-0.15, -0.1) is 0 Å². The molecule has 0 radical (unpaired) electrons. The summed E-state index contributed by atoms with van der Waals surface area (Å²) < 4.78 is 24.6. The van der Waals surface area contributed by atoms with Crippen molar-refractivity contribution in [3.05, 3.63) is 24.3 Å². The van der Waals surface area contributed by atoms with Gasteiger partial charge in [0.15, 0.2) is 0 Å². The minimum absolute atomic E-state index is 0.133. The van der Waals surface area contributed by atoms with E-state index >= 15 is 0 Å². The highest BCUT2D eigenvalue weighted by Gasteiger charge is 2.42. The minimum atomic E-state index is -2.50. The number of aliphatic hydroxyl groups is 1. The summed E-state index contributed by atoms with van der Waals surface area (Å²) in [6.45, 7) is 1.67. The van der Waals surface area contributed by atoms with Crippen LogP contribution < -0.4 is 10.6 Å². The van der Waals surface area contributed by atoms with Crippen molar-refractivity contribution in [2.45, 2.75) is 36.0 Å². The molecule has 0 aromatic heterocycles. The van der Waals surface area contributed by atoms with Gasteiger partial charge in [0, 0.05) is 10.6 Å². The van der Waals surface area contributed by atoms with Crippen LogP contribution in [-0.2, 0) is 0 Å². The molecule has 1 aliphatic carbocycles. The molecule has 1 fully saturated rings. The quantitative estimate of drug-likeness (QED) is 0.706. The highest BCUT2D eigenvalue weighted by molar-refractivity contribution is 7.99. The second-order valence-corrected chi connectivity index (χ2v) is 6.40. The molecule has 21 heavy (non-hydrogen) atoms. The van der Waals surface area contributed by atoms with Crippen LogP contribution in [0.15, 0.2) is 29.2 Å². The first kappa shape index (κ1) is 16.0. The molecule has 0 bridgehead atoms. The molecule has 0 spiro atoms. The Balaban J connectivity index is 1.96. The van der Waals surface area contributed by atoms with E-state index in [0.29, 0.717) is 22.3 Å². The monoisotopic (exact) mass is 316 g/mol. The second-order valence-electron chi connectivity index (χ2n) is 5.34. The number of alkyl halides is 2. The van der Waals surface area contributed by atoms with Crippen molar-refractivity contribution in [3.63, 3.8) is 0 Å². The molecule has 0 saturated heterocycles. The number of rotatable bonds is 6. The molecule has 0 aliphatic heterocycles. The van der Waals surface area contributed by atoms with Gasteiger partial charge < -0.3 is 15.7 Å². The number of urea groups is 1. The Kier molecular flexibility index (Phi) is 5.05. The number of carbonyl (C=O) groups excluding carboxylic acids is 1. The molecule has 1 saturated carbocycles. The largest absolute Gasteiger partial charge is 0.394 e. The number of halogens is 2. The van der Waals surface area contributed by atoms with E-state index in [2.05, 4.69) is 10.6 Å². The van der Waals surface area contributed by atoms with Gasteiger partial charge in [-0.3, -0.25) is 0 Å². The molecule has 3 N–H and O–H groups in total. The SMILES string of the molecule is CC(CO)(NC(=O)Nc1cccc(SC(F)F)c1)C1CC1. The Bertz CT molecular complexity index is 512. The molecule has 1 unspecified atom stereocenters. The third kappa shape index (κ3) is 4.57. The van der Waals surface area contributed by atoms with Gasteiger partial charge in [-0.1, -0.05) is 17.8 Å². The summed E-state index contributed by atoms with van der Waals surface area (Å²) in [6, 6.07) is 5.83. The Labute approximate surface area is 126 Å². The Hall–Kier alpha value is -1.34. The molecule has 1 atom stereocenters. The first-order valence-electron chi connectivity index (χ1n) is 6.68. The molecule has 7 heteroatoms. The van der Waals surface area contributed by atoms with Crippen LogP contribution in [0.1, 0.15) is 19.8 Å². The van der Waals surface area contributed by atoms with E-state index in [4.69, 9.17) is 0 Å². The lowest BCUT2D eigenvalue weighted by molar-refractivity contribution is 0.159. The summed E-state index contributed by atoms with van der Waals surface area (Å²) in [5.41, 5.74) is -0.200. The average molecular weight is 316 g/mol. The summed E-state index contributed by atoms with van der Waals surface area (Å²) in [5, 5.41) is 14.8. The number of anilines is 1. The molecular formula is C14H18F2N2O2S. The molecule has 1 aromatic carbocycles. The zero-order valence-corrected chi connectivity index (χ0v) is 12.4. The van der Waals surface area contributed by atoms with Crippen LogP contribution >= 0.6 is 11.8 Å². The molecule has 116 valence electrons. The molecule has 1 aliphatic rings. The number of hydrogen-bond acceptors (Lipinski definition) is 3. The summed E-state index contributed by atoms with van der Waals surface area (Å²) in [7, 11) is 0. The van der Waals surface area contributed by atoms with Crippen LogP contribution in [0.5, 0.6) is 0 Å². The lowest BCUT2D eigenvalue weighted by atomic mass is 9.97. The van der Waals surface area contributed by atoms with Crippen molar-refractivity contribution in [3.8, 4) is 0 Å². The van der Waals surface area contributed by atoms with E-state index in [1.165, 1.54) is 6.07 Å². The normalized spacial score (nSPS) is 17.4. The van der Waals surface area contributed by atoms with Crippen LogP contribution in [0.4, 0.5) is 19.3 Å². The third-order valence-corrected chi connectivity index (χ3v) is 4.23. The van der Waals surface area contributed by atoms with Crippen molar-refractivity contribution in [2.24, 2.45) is 5.92 Å². The Morgan fingerprint density at radius 1 is 1.52 bits per heavy atom. The third-order valence-electron chi connectivity index (χ3n) is 3.52. The van der Waals surface area contributed by atoms with Gasteiger partial charge >= 0.3 is 6.03 Å². The van der Waals surface area contributed by atoms with Crippen molar-refractivity contribution in [2.75, 3.05) is 11.9 Å². The maximum absolute atomic E-state index is 12.3. The van der Waals surface area contributed by atoms with Crippen molar-refractivity contribution in [1.82, 2.24) is 5.32 Å². The van der Waals surface area contributed by atoms with Gasteiger partial charge in [-0.2, -0.15) is 8.78 Å². The summed E-state index contributed by atoms with van der Waals surface area (Å²) in [6.07, 6.45) is 1.97. The van der Waals surface area contributed by atoms with Crippen LogP contribution in [0, 0.1) is 5.92 Å². The minimum Gasteiger partial charge on any atom is -0.394 e. The van der Waals surface area contributed by atoms with E-state index in [1.54, 1.807) is 25.1 Å². The molecule has 1 aromatic rings. The number of aliphatic hydroxyl groups excluding tert-OH is 1. The second kappa shape index (κ2) is 6.62. The van der Waals surface area contributed by atoms with Gasteiger partial charge in [0.25, 0.3) is 5.76 Å². The Morgan fingerprint density at radius 3 is 2.81 bits per heavy atom. The fourth-order valence-corrected chi connectivity index (χ4v) is 2.72. The highest BCUT2D eigenvalue weighted by Crippen LogP contribution is 2.39. The topological polar surface area (TPSA) is 61.4 Å². The first-order valence-corrected chi connectivity index (χ1v) is 7.56. The summed E-state index contributed by atoms with van der Waals surface area (Å²) in [4.78, 5) is 12.3. The predicted octanol–water partition coefficient (Wildman–Crippen LogP) is 3.28. The summed E-state index contributed by atoms with van der Waals surface area (Å²) in [5.74, 6) is -2.21. The zero-order chi connectivity index (χ0) is 15.5. The van der Waals surface area contributed by atoms with E-state index in [-0.39, 0.29) is 12.5 Å². The van der Waals surface area contributed by atoms with Gasteiger partial charge in [0.1, 0.15) is 0 Å². The number of hydrogen-bond donors (Lipinski definition) is 3. The number of thioether (sulfide) groups is 1. The number of amides is 2. The molecule has 4 nitrogen and oxygen atoms in total. The smallest absolute Gasteiger partial charge is 0.319 e. The zero-order valence-electron chi connectivity index (χ0n) is 11.6. The van der Waals surface area contributed by atoms with Gasteiger partial charge in [0.2, 0.25) is 0 Å². The number of nitrogens with one attached hydrogen (secondary N) is 2. The van der Waals surface area contributed by atoms with E-state index in [1.807, 2.05) is 0 Å². The van der Waals surface area contributed by atoms with E-state index in [9.17, 15) is 18.7 Å². The van der Waals surface area contributed by atoms with Crippen LogP contribution in [-0.4, -0.2) is 29.0 Å². The molecule has 2 amide bonds. The molecular weight excluding hydrogens is 298 g/mol. The van der Waals surface area contributed by atoms with E-state index in [0.717, 1.165) is 12.8 Å². The lowest BCUT2D eigenvalue weighted by Crippen LogP contribution is -2.52. The van der Waals surface area contributed by atoms with Gasteiger partial charge in [-0.25, -0.2) is 4.79 Å². The fraction of sp³-hybridized carbons (Fsp3) is 0.500. The maximum Gasteiger partial charge on any atom is 0.319 e. The van der Waals surface area contributed by atoms with Crippen molar-refractivity contribution in [1.29, 1.82) is 0 Å². The van der Waals surface area contributed by atoms with Crippen LogP contribution in [0.3, 0.4) is 0 Å². The van der Waals surface area contributed by atoms with Crippen molar-refractivity contribution >= 4 is 23.5 Å². The van der Waals surface area contributed by atoms with Gasteiger partial charge in [0.05, 0.1) is 12.1 Å². The van der Waals surface area contributed by atoms with Crippen LogP contribution in [0.2, 0.25) is 0 Å². The van der Waals surface area contributed by atoms with Crippen molar-refractivity contribution < 1.29 is 18.7 Å².